The maximum atomic E-state index is 12.1. The number of rotatable bonds is 5. The molecule has 1 aliphatic rings. The van der Waals surface area contributed by atoms with E-state index in [1.54, 1.807) is 7.11 Å². The summed E-state index contributed by atoms with van der Waals surface area (Å²) in [6.07, 6.45) is 9.91. The van der Waals surface area contributed by atoms with Crippen molar-refractivity contribution in [3.8, 4) is 5.75 Å². The number of amides is 1. The average Bonchev–Trinajstić information content (AvgIpc) is 2.48. The van der Waals surface area contributed by atoms with Crippen LogP contribution in [-0.4, -0.2) is 19.1 Å². The van der Waals surface area contributed by atoms with E-state index >= 15 is 0 Å². The summed E-state index contributed by atoms with van der Waals surface area (Å²) >= 11 is 0. The Morgan fingerprint density at radius 1 is 1.23 bits per heavy atom. The van der Waals surface area contributed by atoms with Gasteiger partial charge in [-0.1, -0.05) is 38.2 Å². The topological polar surface area (TPSA) is 64.3 Å². The third-order valence-corrected chi connectivity index (χ3v) is 4.41. The zero-order chi connectivity index (χ0) is 15.8. The number of carbonyl (C=O) groups is 1. The van der Waals surface area contributed by atoms with E-state index in [-0.39, 0.29) is 5.91 Å². The molecule has 0 bridgehead atoms. The van der Waals surface area contributed by atoms with Crippen molar-refractivity contribution in [1.82, 2.24) is 5.32 Å². The first-order valence-corrected chi connectivity index (χ1v) is 8.41. The number of nitrogens with two attached hydrogens (primary N) is 1. The minimum Gasteiger partial charge on any atom is -0.495 e. The molecule has 1 aliphatic carbocycles. The molecule has 0 unspecified atom stereocenters. The molecule has 1 fully saturated rings. The van der Waals surface area contributed by atoms with Crippen LogP contribution in [0.5, 0.6) is 5.75 Å². The van der Waals surface area contributed by atoms with Gasteiger partial charge in [0.2, 0.25) is 5.91 Å². The van der Waals surface area contributed by atoms with Gasteiger partial charge in [0.15, 0.2) is 0 Å². The van der Waals surface area contributed by atoms with Crippen molar-refractivity contribution in [2.45, 2.75) is 63.8 Å². The third-order valence-electron chi connectivity index (χ3n) is 4.41. The number of ether oxygens (including phenoxy) is 1. The zero-order valence-corrected chi connectivity index (χ0v) is 13.6. The summed E-state index contributed by atoms with van der Waals surface area (Å²) in [5, 5.41) is 3.20. The van der Waals surface area contributed by atoms with E-state index < -0.39 is 0 Å². The van der Waals surface area contributed by atoms with Crippen molar-refractivity contribution in [1.29, 1.82) is 0 Å². The smallest absolute Gasteiger partial charge is 0.220 e. The molecule has 2 rings (SSSR count). The van der Waals surface area contributed by atoms with Crippen LogP contribution in [0.15, 0.2) is 18.2 Å². The van der Waals surface area contributed by atoms with Crippen LogP contribution in [0, 0.1) is 0 Å². The second kappa shape index (κ2) is 8.66. The summed E-state index contributed by atoms with van der Waals surface area (Å²) in [6.45, 7) is 0. The number of hydrogen-bond donors (Lipinski definition) is 2. The Kier molecular flexibility index (Phi) is 6.56. The molecule has 0 aromatic heterocycles. The van der Waals surface area contributed by atoms with Crippen molar-refractivity contribution in [2.75, 3.05) is 12.8 Å². The SMILES string of the molecule is COc1ccc(CCC(=O)NC2CCCCCCC2)cc1N. The lowest BCUT2D eigenvalue weighted by atomic mass is 9.96. The summed E-state index contributed by atoms with van der Waals surface area (Å²) < 4.78 is 5.14. The van der Waals surface area contributed by atoms with Crippen LogP contribution in [0.2, 0.25) is 0 Å². The second-order valence-corrected chi connectivity index (χ2v) is 6.19. The Hall–Kier alpha value is -1.71. The fourth-order valence-electron chi connectivity index (χ4n) is 3.10. The summed E-state index contributed by atoms with van der Waals surface area (Å²) in [4.78, 5) is 12.1. The quantitative estimate of drug-likeness (QED) is 0.819. The highest BCUT2D eigenvalue weighted by atomic mass is 16.5. The van der Waals surface area contributed by atoms with Crippen molar-refractivity contribution >= 4 is 11.6 Å². The third kappa shape index (κ3) is 5.24. The Balaban J connectivity index is 1.78. The molecule has 1 aromatic rings. The molecule has 0 spiro atoms. The number of nitrogen functional groups attached to an aromatic ring is 1. The standard InChI is InChI=1S/C18H28N2O2/c1-22-17-11-9-14(13-16(17)19)10-12-18(21)20-15-7-5-3-2-4-6-8-15/h9,11,13,15H,2-8,10,12,19H2,1H3,(H,20,21). The molecule has 1 amide bonds. The van der Waals surface area contributed by atoms with Gasteiger partial charge in [0.1, 0.15) is 5.75 Å². The van der Waals surface area contributed by atoms with Crippen LogP contribution in [-0.2, 0) is 11.2 Å². The molecule has 1 saturated carbocycles. The molecule has 1 aromatic carbocycles. The number of methoxy groups -OCH3 is 1. The summed E-state index contributed by atoms with van der Waals surface area (Å²) in [6, 6.07) is 6.09. The lowest BCUT2D eigenvalue weighted by Gasteiger charge is -2.21. The Morgan fingerprint density at radius 3 is 2.55 bits per heavy atom. The molecular formula is C18H28N2O2. The van der Waals surface area contributed by atoms with Crippen LogP contribution in [0.1, 0.15) is 56.9 Å². The highest BCUT2D eigenvalue weighted by Gasteiger charge is 2.14. The molecule has 22 heavy (non-hydrogen) atoms. The summed E-state index contributed by atoms with van der Waals surface area (Å²) in [5.74, 6) is 0.836. The van der Waals surface area contributed by atoms with E-state index in [9.17, 15) is 4.79 Å². The maximum Gasteiger partial charge on any atom is 0.220 e. The van der Waals surface area contributed by atoms with Gasteiger partial charge < -0.3 is 15.8 Å². The van der Waals surface area contributed by atoms with Crippen LogP contribution in [0.25, 0.3) is 0 Å². The van der Waals surface area contributed by atoms with Gasteiger partial charge in [0, 0.05) is 12.5 Å². The Labute approximate surface area is 133 Å². The van der Waals surface area contributed by atoms with Gasteiger partial charge in [-0.25, -0.2) is 0 Å². The van der Waals surface area contributed by atoms with Gasteiger partial charge in [-0.3, -0.25) is 4.79 Å². The summed E-state index contributed by atoms with van der Waals surface area (Å²) in [5.41, 5.74) is 7.59. The number of benzene rings is 1. The number of hydrogen-bond acceptors (Lipinski definition) is 3. The first kappa shape index (κ1) is 16.7. The van der Waals surface area contributed by atoms with Crippen LogP contribution in [0.4, 0.5) is 5.69 Å². The number of nitrogens with one attached hydrogen (secondary N) is 1. The minimum absolute atomic E-state index is 0.153. The highest BCUT2D eigenvalue weighted by molar-refractivity contribution is 5.76. The molecule has 0 radical (unpaired) electrons. The maximum absolute atomic E-state index is 12.1. The molecule has 0 heterocycles. The highest BCUT2D eigenvalue weighted by Crippen LogP contribution is 2.22. The van der Waals surface area contributed by atoms with E-state index in [1.807, 2.05) is 18.2 Å². The number of aryl methyl sites for hydroxylation is 1. The van der Waals surface area contributed by atoms with Gasteiger partial charge >= 0.3 is 0 Å². The van der Waals surface area contributed by atoms with Crippen LogP contribution < -0.4 is 15.8 Å². The van der Waals surface area contributed by atoms with E-state index in [4.69, 9.17) is 10.5 Å². The second-order valence-electron chi connectivity index (χ2n) is 6.19. The first-order valence-electron chi connectivity index (χ1n) is 8.41. The van der Waals surface area contributed by atoms with Gasteiger partial charge in [-0.15, -0.1) is 0 Å². The van der Waals surface area contributed by atoms with Gasteiger partial charge in [-0.2, -0.15) is 0 Å². The van der Waals surface area contributed by atoms with Crippen LogP contribution >= 0.6 is 0 Å². The Bertz CT molecular complexity index is 480. The monoisotopic (exact) mass is 304 g/mol. The largest absolute Gasteiger partial charge is 0.495 e. The molecule has 0 saturated heterocycles. The van der Waals surface area contributed by atoms with Crippen LogP contribution in [0.3, 0.4) is 0 Å². The van der Waals surface area contributed by atoms with Crippen molar-refractivity contribution in [3.05, 3.63) is 23.8 Å². The van der Waals surface area contributed by atoms with Gasteiger partial charge in [0.25, 0.3) is 0 Å². The summed E-state index contributed by atoms with van der Waals surface area (Å²) in [7, 11) is 1.60. The molecular weight excluding hydrogens is 276 g/mol. The van der Waals surface area contributed by atoms with Gasteiger partial charge in [0.05, 0.1) is 12.8 Å². The lowest BCUT2D eigenvalue weighted by molar-refractivity contribution is -0.121. The molecule has 122 valence electrons. The van der Waals surface area contributed by atoms with Crippen molar-refractivity contribution in [3.63, 3.8) is 0 Å². The molecule has 0 aliphatic heterocycles. The van der Waals surface area contributed by atoms with E-state index in [0.717, 1.165) is 18.4 Å². The van der Waals surface area contributed by atoms with E-state index in [2.05, 4.69) is 5.32 Å². The zero-order valence-electron chi connectivity index (χ0n) is 13.6. The fourth-order valence-corrected chi connectivity index (χ4v) is 3.10. The molecule has 4 nitrogen and oxygen atoms in total. The predicted octanol–water partition coefficient (Wildman–Crippen LogP) is 3.44. The number of anilines is 1. The molecule has 0 atom stereocenters. The van der Waals surface area contributed by atoms with E-state index in [0.29, 0.717) is 30.3 Å². The fraction of sp³-hybridized carbons (Fsp3) is 0.611. The van der Waals surface area contributed by atoms with Crippen molar-refractivity contribution in [2.24, 2.45) is 0 Å². The normalized spacial score (nSPS) is 16.6. The van der Waals surface area contributed by atoms with Gasteiger partial charge in [-0.05, 0) is 37.0 Å². The minimum atomic E-state index is 0.153. The Morgan fingerprint density at radius 2 is 1.91 bits per heavy atom. The first-order chi connectivity index (χ1) is 10.7. The average molecular weight is 304 g/mol. The lowest BCUT2D eigenvalue weighted by Crippen LogP contribution is -2.35. The number of carbonyl (C=O) groups excluding carboxylic acids is 1. The van der Waals surface area contributed by atoms with Crippen molar-refractivity contribution < 1.29 is 9.53 Å². The van der Waals surface area contributed by atoms with E-state index in [1.165, 1.54) is 32.1 Å². The predicted molar refractivity (Wildman–Crippen MR) is 90.0 cm³/mol. The molecule has 4 heteroatoms. The molecule has 3 N–H and O–H groups in total.